The molecule has 1 aromatic carbocycles. The molecule has 9 heteroatoms. The second-order valence-electron chi connectivity index (χ2n) is 8.55. The van der Waals surface area contributed by atoms with Crippen molar-refractivity contribution in [3.8, 4) is 5.69 Å². The van der Waals surface area contributed by atoms with Crippen LogP contribution in [0.5, 0.6) is 0 Å². The molecule has 0 radical (unpaired) electrons. The zero-order valence-electron chi connectivity index (χ0n) is 18.3. The van der Waals surface area contributed by atoms with E-state index in [-0.39, 0.29) is 23.7 Å². The highest BCUT2D eigenvalue weighted by Crippen LogP contribution is 2.53. The van der Waals surface area contributed by atoms with E-state index in [2.05, 4.69) is 29.4 Å². The zero-order valence-corrected chi connectivity index (χ0v) is 19.0. The number of rotatable bonds is 8. The van der Waals surface area contributed by atoms with Crippen LogP contribution in [0.3, 0.4) is 0 Å². The van der Waals surface area contributed by atoms with Crippen molar-refractivity contribution >= 4 is 23.3 Å². The van der Waals surface area contributed by atoms with Crippen LogP contribution in [0.2, 0.25) is 5.02 Å². The van der Waals surface area contributed by atoms with Gasteiger partial charge in [-0.1, -0.05) is 25.4 Å². The number of hydrogen-bond acceptors (Lipinski definition) is 5. The Bertz CT molecular complexity index is 909. The van der Waals surface area contributed by atoms with Gasteiger partial charge in [0.05, 0.1) is 42.3 Å². The van der Waals surface area contributed by atoms with Crippen molar-refractivity contribution in [1.82, 2.24) is 19.9 Å². The van der Waals surface area contributed by atoms with Gasteiger partial charge in [-0.3, -0.25) is 0 Å². The van der Waals surface area contributed by atoms with Crippen LogP contribution in [0.25, 0.3) is 5.69 Å². The second-order valence-corrected chi connectivity index (χ2v) is 8.96. The van der Waals surface area contributed by atoms with Gasteiger partial charge in [-0.25, -0.2) is 4.79 Å². The van der Waals surface area contributed by atoms with E-state index in [1.54, 1.807) is 37.7 Å². The summed E-state index contributed by atoms with van der Waals surface area (Å²) in [5, 5.41) is 11.9. The van der Waals surface area contributed by atoms with Gasteiger partial charge >= 0.3 is 6.03 Å². The van der Waals surface area contributed by atoms with Crippen molar-refractivity contribution in [2.75, 3.05) is 25.6 Å². The summed E-state index contributed by atoms with van der Waals surface area (Å²) in [4.78, 5) is 16.9. The SMILES string of the molecule is CCC(OCCOC)C12CC(C[C@@H](C)C1)N2C(=O)Nc1ccc(Cl)c(-n2nccn2)c1. The first-order valence-corrected chi connectivity index (χ1v) is 11.2. The van der Waals surface area contributed by atoms with Crippen molar-refractivity contribution in [2.24, 2.45) is 5.92 Å². The molecule has 2 fully saturated rings. The molecule has 2 amide bonds. The minimum atomic E-state index is -0.270. The van der Waals surface area contributed by atoms with E-state index >= 15 is 0 Å². The molecule has 2 bridgehead atoms. The smallest absolute Gasteiger partial charge is 0.322 e. The Morgan fingerprint density at radius 3 is 2.81 bits per heavy atom. The number of hydrogen-bond donors (Lipinski definition) is 1. The van der Waals surface area contributed by atoms with Crippen LogP contribution >= 0.6 is 11.6 Å². The number of anilines is 1. The number of urea groups is 1. The van der Waals surface area contributed by atoms with E-state index in [9.17, 15) is 4.79 Å². The summed E-state index contributed by atoms with van der Waals surface area (Å²) < 4.78 is 11.3. The number of methoxy groups -OCH3 is 1. The molecule has 8 nitrogen and oxygen atoms in total. The summed E-state index contributed by atoms with van der Waals surface area (Å²) in [7, 11) is 1.67. The first-order valence-electron chi connectivity index (χ1n) is 10.9. The average Bonchev–Trinajstić information content (AvgIpc) is 3.26. The molecular weight excluding hydrogens is 418 g/mol. The maximum atomic E-state index is 13.4. The van der Waals surface area contributed by atoms with E-state index in [1.165, 1.54) is 4.80 Å². The van der Waals surface area contributed by atoms with Crippen LogP contribution in [-0.4, -0.2) is 63.9 Å². The molecule has 1 aliphatic heterocycles. The van der Waals surface area contributed by atoms with Gasteiger partial charge in [-0.05, 0) is 49.8 Å². The number of halogens is 1. The maximum Gasteiger partial charge on any atom is 0.322 e. The standard InChI is InChI=1S/C22H30ClN5O3/c1-4-20(31-10-9-30-3)22-13-15(2)11-17(14-22)27(22)21(29)26-16-5-6-18(23)19(12-16)28-24-7-8-25-28/h5-8,12,15,17,20H,4,9-11,13-14H2,1-3H3,(H,26,29)/t15-,17?,20?,22?/m1/s1. The number of amides is 2. The molecule has 4 atom stereocenters. The van der Waals surface area contributed by atoms with Gasteiger partial charge in [0, 0.05) is 18.8 Å². The first-order chi connectivity index (χ1) is 15.0. The fourth-order valence-corrected chi connectivity index (χ4v) is 5.54. The quantitative estimate of drug-likeness (QED) is 0.615. The third-order valence-corrected chi connectivity index (χ3v) is 6.76. The Labute approximate surface area is 187 Å². The Morgan fingerprint density at radius 1 is 1.32 bits per heavy atom. The molecule has 1 aromatic heterocycles. The first kappa shape index (κ1) is 22.0. The predicted molar refractivity (Wildman–Crippen MR) is 119 cm³/mol. The molecule has 1 N–H and O–H groups in total. The van der Waals surface area contributed by atoms with Gasteiger partial charge in [0.25, 0.3) is 0 Å². The van der Waals surface area contributed by atoms with E-state index in [0.717, 1.165) is 25.7 Å². The molecule has 2 aliphatic rings. The third-order valence-electron chi connectivity index (χ3n) is 6.44. The van der Waals surface area contributed by atoms with Crippen LogP contribution in [0.4, 0.5) is 10.5 Å². The van der Waals surface area contributed by atoms with E-state index in [0.29, 0.717) is 35.5 Å². The number of piperidine rings is 1. The van der Waals surface area contributed by atoms with Gasteiger partial charge in [0.15, 0.2) is 0 Å². The highest BCUT2D eigenvalue weighted by Gasteiger charge is 2.61. The van der Waals surface area contributed by atoms with Crippen molar-refractivity contribution in [2.45, 2.75) is 57.2 Å². The Kier molecular flexibility index (Phi) is 6.50. The number of ether oxygens (including phenoxy) is 2. The summed E-state index contributed by atoms with van der Waals surface area (Å²) in [6.45, 7) is 5.47. The summed E-state index contributed by atoms with van der Waals surface area (Å²) in [6.07, 6.45) is 6.96. The fourth-order valence-electron chi connectivity index (χ4n) is 5.35. The molecule has 1 aliphatic carbocycles. The topological polar surface area (TPSA) is 81.5 Å². The van der Waals surface area contributed by atoms with Gasteiger partial charge < -0.3 is 19.7 Å². The summed E-state index contributed by atoms with van der Waals surface area (Å²) in [5.41, 5.74) is 1.00. The molecular formula is C22H30ClN5O3. The van der Waals surface area contributed by atoms with Crippen LogP contribution in [0.15, 0.2) is 30.6 Å². The summed E-state index contributed by atoms with van der Waals surface area (Å²) in [6, 6.07) is 5.47. The van der Waals surface area contributed by atoms with Gasteiger partial charge in [0.2, 0.25) is 0 Å². The zero-order chi connectivity index (χ0) is 22.0. The summed E-state index contributed by atoms with van der Waals surface area (Å²) >= 11 is 6.31. The Hall–Kier alpha value is -2.16. The van der Waals surface area contributed by atoms with Crippen molar-refractivity contribution in [3.05, 3.63) is 35.6 Å². The minimum Gasteiger partial charge on any atom is -0.382 e. The second kappa shape index (κ2) is 9.14. The molecule has 31 heavy (non-hydrogen) atoms. The number of fused-ring (bicyclic) bond motifs is 2. The minimum absolute atomic E-state index is 0.0125. The Balaban J connectivity index is 1.54. The van der Waals surface area contributed by atoms with Crippen LogP contribution in [0.1, 0.15) is 39.5 Å². The summed E-state index contributed by atoms with van der Waals surface area (Å²) in [5.74, 6) is 0.566. The van der Waals surface area contributed by atoms with E-state index in [4.69, 9.17) is 21.1 Å². The molecule has 168 valence electrons. The monoisotopic (exact) mass is 447 g/mol. The van der Waals surface area contributed by atoms with Crippen molar-refractivity contribution in [3.63, 3.8) is 0 Å². The largest absolute Gasteiger partial charge is 0.382 e. The molecule has 4 rings (SSSR count). The average molecular weight is 448 g/mol. The van der Waals surface area contributed by atoms with Crippen molar-refractivity contribution < 1.29 is 14.3 Å². The number of benzene rings is 1. The molecule has 0 spiro atoms. The normalized spacial score (nSPS) is 25.7. The van der Waals surface area contributed by atoms with Crippen molar-refractivity contribution in [1.29, 1.82) is 0 Å². The lowest BCUT2D eigenvalue weighted by atomic mass is 9.61. The lowest BCUT2D eigenvalue weighted by Gasteiger charge is -2.65. The molecule has 2 heterocycles. The van der Waals surface area contributed by atoms with Gasteiger partial charge in [-0.15, -0.1) is 0 Å². The fraction of sp³-hybridized carbons (Fsp3) is 0.591. The molecule has 3 unspecified atom stereocenters. The lowest BCUT2D eigenvalue weighted by Crippen LogP contribution is -2.76. The van der Waals surface area contributed by atoms with Crippen LogP contribution in [-0.2, 0) is 9.47 Å². The molecule has 2 aromatic rings. The number of carbonyl (C=O) groups is 1. The number of likely N-dealkylation sites (tertiary alicyclic amines) is 1. The predicted octanol–water partition coefficient (Wildman–Crippen LogP) is 4.14. The lowest BCUT2D eigenvalue weighted by molar-refractivity contribution is -0.173. The van der Waals surface area contributed by atoms with Crippen LogP contribution < -0.4 is 5.32 Å². The van der Waals surface area contributed by atoms with Crippen LogP contribution in [0, 0.1) is 5.92 Å². The third kappa shape index (κ3) is 4.16. The number of aromatic nitrogens is 3. The Morgan fingerprint density at radius 2 is 2.10 bits per heavy atom. The van der Waals surface area contributed by atoms with Gasteiger partial charge in [-0.2, -0.15) is 15.0 Å². The van der Waals surface area contributed by atoms with Gasteiger partial charge in [0.1, 0.15) is 5.69 Å². The highest BCUT2D eigenvalue weighted by atomic mass is 35.5. The highest BCUT2D eigenvalue weighted by molar-refractivity contribution is 6.32. The number of nitrogens with one attached hydrogen (secondary N) is 1. The number of nitrogens with zero attached hydrogens (tertiary/aromatic N) is 4. The van der Waals surface area contributed by atoms with E-state index < -0.39 is 0 Å². The molecule has 1 saturated carbocycles. The maximum absolute atomic E-state index is 13.4. The van der Waals surface area contributed by atoms with E-state index in [1.807, 2.05) is 4.90 Å². The molecule has 1 saturated heterocycles. The number of carbonyl (C=O) groups excluding carboxylic acids is 1.